The van der Waals surface area contributed by atoms with Crippen molar-refractivity contribution in [3.63, 3.8) is 0 Å². The maximum absolute atomic E-state index is 15.2. The van der Waals surface area contributed by atoms with Gasteiger partial charge < -0.3 is 9.30 Å². The minimum Gasteiger partial charge on any atom is -0.456 e. The van der Waals surface area contributed by atoms with E-state index in [9.17, 15) is 4.79 Å². The van der Waals surface area contributed by atoms with Crippen LogP contribution in [-0.4, -0.2) is 25.3 Å². The SMILES string of the molecule is CC(Cc1cccc2c1ncn2C(C)C)n1nc(C(=O)OCc2ccccc2)c2c1C(F)(F)CCC2(F)F. The molecule has 1 aliphatic carbocycles. The van der Waals surface area contributed by atoms with Crippen LogP contribution in [0.25, 0.3) is 11.0 Å². The fourth-order valence-electron chi connectivity index (χ4n) is 5.04. The Labute approximate surface area is 217 Å². The van der Waals surface area contributed by atoms with Gasteiger partial charge in [0.25, 0.3) is 11.8 Å². The summed E-state index contributed by atoms with van der Waals surface area (Å²) >= 11 is 0. The smallest absolute Gasteiger partial charge is 0.359 e. The largest absolute Gasteiger partial charge is 0.456 e. The summed E-state index contributed by atoms with van der Waals surface area (Å²) in [5.41, 5.74) is 0.248. The molecule has 1 aliphatic rings. The third-order valence-corrected chi connectivity index (χ3v) is 6.96. The predicted octanol–water partition coefficient (Wildman–Crippen LogP) is 6.95. The van der Waals surface area contributed by atoms with Crippen molar-refractivity contribution >= 4 is 17.0 Å². The second kappa shape index (κ2) is 9.56. The molecule has 0 saturated heterocycles. The van der Waals surface area contributed by atoms with Crippen molar-refractivity contribution in [3.8, 4) is 0 Å². The van der Waals surface area contributed by atoms with Crippen LogP contribution in [0, 0.1) is 0 Å². The van der Waals surface area contributed by atoms with Gasteiger partial charge >= 0.3 is 5.97 Å². The number of aromatic nitrogens is 4. The quantitative estimate of drug-likeness (QED) is 0.192. The number of rotatable bonds is 7. The van der Waals surface area contributed by atoms with Crippen molar-refractivity contribution < 1.29 is 27.1 Å². The Kier molecular flexibility index (Phi) is 6.53. The first-order chi connectivity index (χ1) is 18.0. The minimum absolute atomic E-state index is 0.163. The summed E-state index contributed by atoms with van der Waals surface area (Å²) in [6, 6.07) is 13.6. The molecule has 0 aliphatic heterocycles. The molecule has 1 atom stereocenters. The molecule has 0 amide bonds. The molecule has 38 heavy (non-hydrogen) atoms. The van der Waals surface area contributed by atoms with Gasteiger partial charge in [0.1, 0.15) is 12.3 Å². The number of carbonyl (C=O) groups is 1. The lowest BCUT2D eigenvalue weighted by atomic mass is 9.88. The number of imidazole rings is 1. The molecule has 0 fully saturated rings. The van der Waals surface area contributed by atoms with E-state index in [0.29, 0.717) is 11.1 Å². The number of para-hydroxylation sites is 1. The van der Waals surface area contributed by atoms with Gasteiger partial charge in [-0.15, -0.1) is 0 Å². The number of ether oxygens (including phenoxy) is 1. The summed E-state index contributed by atoms with van der Waals surface area (Å²) in [7, 11) is 0. The van der Waals surface area contributed by atoms with Gasteiger partial charge in [-0.2, -0.15) is 13.9 Å². The van der Waals surface area contributed by atoms with Crippen molar-refractivity contribution in [1.82, 2.24) is 19.3 Å². The standard InChI is InChI=1S/C28H28F4N4O2/c1-17(2)35-16-33-23-20(10-7-11-21(23)35)14-18(3)36-25-22(27(29,30)12-13-28(25,31)32)24(34-36)26(37)38-15-19-8-5-4-6-9-19/h4-11,16-18H,12-15H2,1-3H3. The molecule has 200 valence electrons. The van der Waals surface area contributed by atoms with E-state index in [1.165, 1.54) is 0 Å². The first kappa shape index (κ1) is 25.9. The average Bonchev–Trinajstić information content (AvgIpc) is 3.51. The molecule has 6 nitrogen and oxygen atoms in total. The number of carbonyl (C=O) groups excluding carboxylic acids is 1. The molecule has 0 bridgehead atoms. The summed E-state index contributed by atoms with van der Waals surface area (Å²) in [5.74, 6) is -8.39. The zero-order chi connectivity index (χ0) is 27.2. The van der Waals surface area contributed by atoms with E-state index >= 15 is 17.6 Å². The minimum atomic E-state index is -3.65. The summed E-state index contributed by atoms with van der Waals surface area (Å²) in [6.07, 6.45) is -0.216. The molecule has 0 N–H and O–H groups in total. The van der Waals surface area contributed by atoms with E-state index in [0.717, 1.165) is 15.8 Å². The second-order valence-corrected chi connectivity index (χ2v) is 10.1. The molecule has 2 heterocycles. The van der Waals surface area contributed by atoms with E-state index in [4.69, 9.17) is 4.74 Å². The third kappa shape index (κ3) is 4.56. The predicted molar refractivity (Wildman–Crippen MR) is 133 cm³/mol. The van der Waals surface area contributed by atoms with Crippen LogP contribution in [0.5, 0.6) is 0 Å². The van der Waals surface area contributed by atoms with Crippen LogP contribution in [0.1, 0.15) is 78.6 Å². The van der Waals surface area contributed by atoms with Gasteiger partial charge in [0, 0.05) is 18.9 Å². The number of nitrogens with zero attached hydrogens (tertiary/aromatic N) is 4. The molecule has 2 aromatic carbocycles. The van der Waals surface area contributed by atoms with Crippen molar-refractivity contribution in [2.24, 2.45) is 0 Å². The molecule has 0 spiro atoms. The molecule has 4 aromatic rings. The van der Waals surface area contributed by atoms with Gasteiger partial charge in [0.05, 0.1) is 29.0 Å². The zero-order valence-corrected chi connectivity index (χ0v) is 21.3. The molecular weight excluding hydrogens is 500 g/mol. The van der Waals surface area contributed by atoms with Gasteiger partial charge in [0.15, 0.2) is 5.69 Å². The Bertz CT molecular complexity index is 1480. The van der Waals surface area contributed by atoms with E-state index in [-0.39, 0.29) is 19.1 Å². The molecule has 0 saturated carbocycles. The summed E-state index contributed by atoms with van der Waals surface area (Å²) in [4.78, 5) is 17.4. The van der Waals surface area contributed by atoms with E-state index in [1.54, 1.807) is 43.6 Å². The summed E-state index contributed by atoms with van der Waals surface area (Å²) in [5, 5.41) is 4.06. The number of esters is 1. The molecule has 0 radical (unpaired) electrons. The number of benzene rings is 2. The fraction of sp³-hybridized carbons (Fsp3) is 0.393. The topological polar surface area (TPSA) is 61.9 Å². The number of alkyl halides is 4. The Morgan fingerprint density at radius 3 is 2.42 bits per heavy atom. The lowest BCUT2D eigenvalue weighted by Gasteiger charge is -2.30. The van der Waals surface area contributed by atoms with Gasteiger partial charge in [-0.05, 0) is 44.4 Å². The Morgan fingerprint density at radius 2 is 1.71 bits per heavy atom. The Morgan fingerprint density at radius 1 is 1.00 bits per heavy atom. The monoisotopic (exact) mass is 528 g/mol. The Balaban J connectivity index is 1.54. The highest BCUT2D eigenvalue weighted by Gasteiger charge is 2.55. The molecule has 1 unspecified atom stereocenters. The van der Waals surface area contributed by atoms with Crippen LogP contribution in [0.2, 0.25) is 0 Å². The maximum atomic E-state index is 15.2. The van der Waals surface area contributed by atoms with Crippen molar-refractivity contribution in [2.75, 3.05) is 0 Å². The third-order valence-electron chi connectivity index (χ3n) is 6.96. The van der Waals surface area contributed by atoms with Crippen LogP contribution < -0.4 is 0 Å². The highest BCUT2D eigenvalue weighted by atomic mass is 19.3. The van der Waals surface area contributed by atoms with E-state index in [1.807, 2.05) is 36.6 Å². The molecule has 10 heteroatoms. The van der Waals surface area contributed by atoms with Gasteiger partial charge in [-0.3, -0.25) is 4.68 Å². The van der Waals surface area contributed by atoms with E-state index < -0.39 is 53.6 Å². The van der Waals surface area contributed by atoms with Crippen LogP contribution in [0.3, 0.4) is 0 Å². The number of halogens is 4. The first-order valence-electron chi connectivity index (χ1n) is 12.5. The van der Waals surface area contributed by atoms with Gasteiger partial charge in [-0.1, -0.05) is 42.5 Å². The van der Waals surface area contributed by atoms with Crippen molar-refractivity contribution in [1.29, 1.82) is 0 Å². The zero-order valence-electron chi connectivity index (χ0n) is 21.3. The number of hydrogen-bond donors (Lipinski definition) is 0. The highest BCUT2D eigenvalue weighted by Crippen LogP contribution is 2.51. The molecular formula is C28H28F4N4O2. The van der Waals surface area contributed by atoms with Crippen LogP contribution in [-0.2, 0) is 29.6 Å². The first-order valence-corrected chi connectivity index (χ1v) is 12.5. The molecule has 2 aromatic heterocycles. The second-order valence-electron chi connectivity index (χ2n) is 10.1. The van der Waals surface area contributed by atoms with E-state index in [2.05, 4.69) is 10.1 Å². The van der Waals surface area contributed by atoms with Gasteiger partial charge in [-0.25, -0.2) is 18.6 Å². The normalized spacial score (nSPS) is 16.9. The fourth-order valence-corrected chi connectivity index (χ4v) is 5.04. The molecule has 5 rings (SSSR count). The highest BCUT2D eigenvalue weighted by molar-refractivity contribution is 5.90. The average molecular weight is 529 g/mol. The maximum Gasteiger partial charge on any atom is 0.359 e. The summed E-state index contributed by atoms with van der Waals surface area (Å²) < 4.78 is 68.8. The van der Waals surface area contributed by atoms with Crippen LogP contribution in [0.4, 0.5) is 17.6 Å². The van der Waals surface area contributed by atoms with Crippen molar-refractivity contribution in [2.45, 2.75) is 70.6 Å². The lowest BCUT2D eigenvalue weighted by molar-refractivity contribution is -0.101. The van der Waals surface area contributed by atoms with Crippen LogP contribution in [0.15, 0.2) is 54.9 Å². The number of hydrogen-bond acceptors (Lipinski definition) is 4. The summed E-state index contributed by atoms with van der Waals surface area (Å²) in [6.45, 7) is 5.47. The Hall–Kier alpha value is -3.69. The van der Waals surface area contributed by atoms with Gasteiger partial charge in [0.2, 0.25) is 0 Å². The lowest BCUT2D eigenvalue weighted by Crippen LogP contribution is -2.33. The van der Waals surface area contributed by atoms with Crippen LogP contribution >= 0.6 is 0 Å². The number of fused-ring (bicyclic) bond motifs is 2. The van der Waals surface area contributed by atoms with Crippen molar-refractivity contribution in [3.05, 3.63) is 82.9 Å².